The molecular weight excluding hydrogens is 470 g/mol. The molecule has 31 heavy (non-hydrogen) atoms. The highest BCUT2D eigenvalue weighted by Crippen LogP contribution is 2.42. The third kappa shape index (κ3) is 5.51. The lowest BCUT2D eigenvalue weighted by Crippen LogP contribution is -2.26. The molecule has 0 amide bonds. The zero-order valence-electron chi connectivity index (χ0n) is 17.1. The molecule has 0 saturated carbocycles. The number of aryl methyl sites for hydroxylation is 1. The summed E-state index contributed by atoms with van der Waals surface area (Å²) in [4.78, 5) is 19.0. The van der Waals surface area contributed by atoms with Crippen molar-refractivity contribution in [3.8, 4) is 0 Å². The number of hydrogen-bond donors (Lipinski definition) is 0. The minimum atomic E-state index is -0.323. The van der Waals surface area contributed by atoms with E-state index in [2.05, 4.69) is 69.3 Å². The van der Waals surface area contributed by atoms with Crippen molar-refractivity contribution >= 4 is 33.5 Å². The summed E-state index contributed by atoms with van der Waals surface area (Å²) in [6.07, 6.45) is 3.17. The van der Waals surface area contributed by atoms with E-state index >= 15 is 0 Å². The summed E-state index contributed by atoms with van der Waals surface area (Å²) in [5.74, 6) is -0.229. The van der Waals surface area contributed by atoms with Crippen molar-refractivity contribution in [2.75, 3.05) is 0 Å². The molecular formula is C25H22BrN3OS. The Labute approximate surface area is 194 Å². The molecule has 0 aliphatic heterocycles. The van der Waals surface area contributed by atoms with E-state index in [-0.39, 0.29) is 17.0 Å². The van der Waals surface area contributed by atoms with Crippen molar-refractivity contribution in [1.82, 2.24) is 14.8 Å². The average Bonchev–Trinajstić information content (AvgIpc) is 3.31. The van der Waals surface area contributed by atoms with Gasteiger partial charge < -0.3 is 0 Å². The molecule has 0 aliphatic rings. The SMILES string of the molecule is Cc1ccc(S[C@@H](c2ccccc2)[C@H](Cn2cncn2)C(=O)c2ccc(Br)cc2)cc1. The van der Waals surface area contributed by atoms with Gasteiger partial charge in [-0.25, -0.2) is 4.98 Å². The van der Waals surface area contributed by atoms with Crippen LogP contribution >= 0.6 is 27.7 Å². The first-order valence-corrected chi connectivity index (χ1v) is 11.7. The number of halogens is 1. The van der Waals surface area contributed by atoms with Crippen LogP contribution < -0.4 is 0 Å². The molecule has 6 heteroatoms. The number of thioether (sulfide) groups is 1. The molecule has 2 atom stereocenters. The molecule has 3 aromatic carbocycles. The number of benzene rings is 3. The van der Waals surface area contributed by atoms with Gasteiger partial charge in [0.1, 0.15) is 12.7 Å². The van der Waals surface area contributed by atoms with Gasteiger partial charge in [-0.05, 0) is 36.8 Å². The number of carbonyl (C=O) groups excluding carboxylic acids is 1. The van der Waals surface area contributed by atoms with Gasteiger partial charge in [0.15, 0.2) is 5.78 Å². The Morgan fingerprint density at radius 2 is 1.71 bits per heavy atom. The minimum Gasteiger partial charge on any atom is -0.294 e. The Bertz CT molecular complexity index is 1110. The Kier molecular flexibility index (Phi) is 6.99. The van der Waals surface area contributed by atoms with E-state index in [0.717, 1.165) is 14.9 Å². The van der Waals surface area contributed by atoms with Gasteiger partial charge in [0.05, 0.1) is 12.5 Å². The van der Waals surface area contributed by atoms with E-state index in [0.29, 0.717) is 12.1 Å². The Morgan fingerprint density at radius 3 is 2.35 bits per heavy atom. The Morgan fingerprint density at radius 1 is 1.00 bits per heavy atom. The lowest BCUT2D eigenvalue weighted by atomic mass is 9.90. The number of Topliss-reactive ketones (excluding diaryl/α,β-unsaturated/α-hetero) is 1. The third-order valence-electron chi connectivity index (χ3n) is 5.09. The minimum absolute atomic E-state index is 0.0794. The molecule has 0 spiro atoms. The lowest BCUT2D eigenvalue weighted by molar-refractivity contribution is 0.0901. The van der Waals surface area contributed by atoms with E-state index in [1.807, 2.05) is 42.5 Å². The molecule has 0 aliphatic carbocycles. The maximum absolute atomic E-state index is 13.8. The fourth-order valence-electron chi connectivity index (χ4n) is 3.46. The summed E-state index contributed by atoms with van der Waals surface area (Å²) in [5, 5.41) is 4.20. The molecule has 4 rings (SSSR count). The Hall–Kier alpha value is -2.70. The van der Waals surface area contributed by atoms with Crippen molar-refractivity contribution in [2.45, 2.75) is 23.6 Å². The van der Waals surface area contributed by atoms with Gasteiger partial charge in [-0.2, -0.15) is 5.10 Å². The van der Waals surface area contributed by atoms with E-state index in [9.17, 15) is 4.79 Å². The van der Waals surface area contributed by atoms with Gasteiger partial charge in [0, 0.05) is 20.2 Å². The second-order valence-electron chi connectivity index (χ2n) is 7.36. The highest BCUT2D eigenvalue weighted by Gasteiger charge is 2.32. The smallest absolute Gasteiger partial charge is 0.169 e. The fraction of sp³-hybridized carbons (Fsp3) is 0.160. The van der Waals surface area contributed by atoms with Crippen molar-refractivity contribution in [3.05, 3.63) is 113 Å². The van der Waals surface area contributed by atoms with E-state index < -0.39 is 0 Å². The summed E-state index contributed by atoms with van der Waals surface area (Å²) in [7, 11) is 0. The maximum atomic E-state index is 13.8. The second kappa shape index (κ2) is 10.1. The summed E-state index contributed by atoms with van der Waals surface area (Å²) in [6, 6.07) is 26.2. The first-order chi connectivity index (χ1) is 15.1. The quantitative estimate of drug-likeness (QED) is 0.212. The van der Waals surface area contributed by atoms with Crippen molar-refractivity contribution in [2.24, 2.45) is 5.92 Å². The van der Waals surface area contributed by atoms with Gasteiger partial charge in [0.25, 0.3) is 0 Å². The van der Waals surface area contributed by atoms with Crippen LogP contribution in [0.4, 0.5) is 0 Å². The third-order valence-corrected chi connectivity index (χ3v) is 7.02. The molecule has 0 fully saturated rings. The molecule has 0 bridgehead atoms. The van der Waals surface area contributed by atoms with Crippen molar-refractivity contribution < 1.29 is 4.79 Å². The predicted molar refractivity (Wildman–Crippen MR) is 128 cm³/mol. The number of hydrogen-bond acceptors (Lipinski definition) is 4. The van der Waals surface area contributed by atoms with Crippen LogP contribution in [0, 0.1) is 12.8 Å². The van der Waals surface area contributed by atoms with Gasteiger partial charge in [-0.1, -0.05) is 76.1 Å². The van der Waals surface area contributed by atoms with Gasteiger partial charge in [0.2, 0.25) is 0 Å². The normalized spacial score (nSPS) is 13.0. The fourth-order valence-corrected chi connectivity index (χ4v) is 4.98. The number of rotatable bonds is 8. The summed E-state index contributed by atoms with van der Waals surface area (Å²) >= 11 is 5.17. The maximum Gasteiger partial charge on any atom is 0.169 e. The average molecular weight is 492 g/mol. The molecule has 156 valence electrons. The topological polar surface area (TPSA) is 47.8 Å². The molecule has 0 saturated heterocycles. The first kappa shape index (κ1) is 21.5. The summed E-state index contributed by atoms with van der Waals surface area (Å²) < 4.78 is 2.69. The predicted octanol–water partition coefficient (Wildman–Crippen LogP) is 6.38. The number of carbonyl (C=O) groups is 1. The molecule has 4 aromatic rings. The number of aromatic nitrogens is 3. The Balaban J connectivity index is 1.75. The van der Waals surface area contributed by atoms with Crippen LogP contribution in [0.15, 0.2) is 101 Å². The summed E-state index contributed by atoms with van der Waals surface area (Å²) in [5.41, 5.74) is 3.02. The van der Waals surface area contributed by atoms with E-state index in [1.165, 1.54) is 11.9 Å². The molecule has 0 radical (unpaired) electrons. The summed E-state index contributed by atoms with van der Waals surface area (Å²) in [6.45, 7) is 2.53. The zero-order valence-corrected chi connectivity index (χ0v) is 19.5. The van der Waals surface area contributed by atoms with Crippen LogP contribution in [-0.2, 0) is 6.54 Å². The molecule has 0 N–H and O–H groups in total. The molecule has 4 nitrogen and oxygen atoms in total. The van der Waals surface area contributed by atoms with Crippen LogP contribution in [0.3, 0.4) is 0 Å². The van der Waals surface area contributed by atoms with Gasteiger partial charge >= 0.3 is 0 Å². The van der Waals surface area contributed by atoms with Crippen molar-refractivity contribution in [3.63, 3.8) is 0 Å². The lowest BCUT2D eigenvalue weighted by Gasteiger charge is -2.26. The molecule has 1 heterocycles. The largest absolute Gasteiger partial charge is 0.294 e. The molecule has 0 unspecified atom stereocenters. The van der Waals surface area contributed by atoms with Crippen LogP contribution in [0.2, 0.25) is 0 Å². The van der Waals surface area contributed by atoms with Crippen LogP contribution in [0.5, 0.6) is 0 Å². The zero-order chi connectivity index (χ0) is 21.6. The highest BCUT2D eigenvalue weighted by molar-refractivity contribution is 9.10. The van der Waals surface area contributed by atoms with Gasteiger partial charge in [-0.3, -0.25) is 9.48 Å². The van der Waals surface area contributed by atoms with Crippen LogP contribution in [0.1, 0.15) is 26.7 Å². The standard InChI is InChI=1S/C25H22BrN3OS/c1-18-7-13-22(14-8-18)31-25(20-5-3-2-4-6-20)23(15-29-17-27-16-28-29)24(30)19-9-11-21(26)12-10-19/h2-14,16-17,23,25H,15H2,1H3/t23-,25+/m1/s1. The monoisotopic (exact) mass is 491 g/mol. The number of nitrogens with zero attached hydrogens (tertiary/aromatic N) is 3. The second-order valence-corrected chi connectivity index (χ2v) is 9.49. The van der Waals surface area contributed by atoms with Crippen LogP contribution in [-0.4, -0.2) is 20.5 Å². The van der Waals surface area contributed by atoms with Crippen LogP contribution in [0.25, 0.3) is 0 Å². The number of ketones is 1. The highest BCUT2D eigenvalue weighted by atomic mass is 79.9. The van der Waals surface area contributed by atoms with Crippen molar-refractivity contribution in [1.29, 1.82) is 0 Å². The molecule has 1 aromatic heterocycles. The first-order valence-electron chi connectivity index (χ1n) is 10.0. The van der Waals surface area contributed by atoms with E-state index in [1.54, 1.807) is 22.8 Å². The van der Waals surface area contributed by atoms with Gasteiger partial charge in [-0.15, -0.1) is 11.8 Å². The van der Waals surface area contributed by atoms with E-state index in [4.69, 9.17) is 0 Å².